The van der Waals surface area contributed by atoms with E-state index in [0.717, 1.165) is 5.92 Å². The average molecular weight is 287 g/mol. The van der Waals surface area contributed by atoms with Crippen molar-refractivity contribution in [2.45, 2.75) is 25.8 Å². The highest BCUT2D eigenvalue weighted by Gasteiger charge is 2.27. The summed E-state index contributed by atoms with van der Waals surface area (Å²) >= 11 is 2.33. The van der Waals surface area contributed by atoms with Crippen LogP contribution in [-0.4, -0.2) is 6.04 Å². The first kappa shape index (κ1) is 9.31. The first-order valence-corrected chi connectivity index (χ1v) is 5.85. The Morgan fingerprint density at radius 1 is 1.31 bits per heavy atom. The minimum Gasteiger partial charge on any atom is -0.382 e. The summed E-state index contributed by atoms with van der Waals surface area (Å²) in [5, 5.41) is 3.53. The number of anilines is 1. The predicted molar refractivity (Wildman–Crippen MR) is 65.0 cm³/mol. The number of nitrogens with one attached hydrogen (secondary N) is 1. The van der Waals surface area contributed by atoms with Crippen LogP contribution in [0.15, 0.2) is 24.3 Å². The predicted octanol–water partition coefficient (Wildman–Crippen LogP) is 3.50. The van der Waals surface area contributed by atoms with Gasteiger partial charge < -0.3 is 5.32 Å². The van der Waals surface area contributed by atoms with E-state index in [9.17, 15) is 0 Å². The van der Waals surface area contributed by atoms with Gasteiger partial charge in [-0.15, -0.1) is 0 Å². The molecule has 0 amide bonds. The Kier molecular flexibility index (Phi) is 2.77. The van der Waals surface area contributed by atoms with Crippen molar-refractivity contribution in [3.63, 3.8) is 0 Å². The van der Waals surface area contributed by atoms with Gasteiger partial charge in [-0.05, 0) is 72.5 Å². The fraction of sp³-hybridized carbons (Fsp3) is 0.455. The summed E-state index contributed by atoms with van der Waals surface area (Å²) in [6.45, 7) is 2.27. The van der Waals surface area contributed by atoms with E-state index in [2.05, 4.69) is 59.1 Å². The number of hydrogen-bond acceptors (Lipinski definition) is 1. The molecule has 1 N–H and O–H groups in total. The third-order valence-electron chi connectivity index (χ3n) is 2.57. The van der Waals surface area contributed by atoms with Gasteiger partial charge in [0.05, 0.1) is 0 Å². The zero-order chi connectivity index (χ0) is 9.26. The molecule has 1 saturated carbocycles. The summed E-state index contributed by atoms with van der Waals surface area (Å²) in [7, 11) is 0. The van der Waals surface area contributed by atoms with Crippen LogP contribution >= 0.6 is 22.6 Å². The van der Waals surface area contributed by atoms with Crippen LogP contribution in [0.4, 0.5) is 5.69 Å². The Bertz CT molecular complexity index is 277. The molecule has 2 rings (SSSR count). The van der Waals surface area contributed by atoms with Crippen molar-refractivity contribution in [1.29, 1.82) is 0 Å². The lowest BCUT2D eigenvalue weighted by Crippen LogP contribution is -2.16. The molecule has 1 fully saturated rings. The van der Waals surface area contributed by atoms with E-state index >= 15 is 0 Å². The largest absolute Gasteiger partial charge is 0.382 e. The van der Waals surface area contributed by atoms with Crippen molar-refractivity contribution in [3.8, 4) is 0 Å². The second kappa shape index (κ2) is 3.86. The van der Waals surface area contributed by atoms with Crippen LogP contribution in [0, 0.1) is 9.49 Å². The van der Waals surface area contributed by atoms with Gasteiger partial charge in [-0.3, -0.25) is 0 Å². The van der Waals surface area contributed by atoms with Gasteiger partial charge in [0.25, 0.3) is 0 Å². The molecular formula is C11H14IN. The molecule has 13 heavy (non-hydrogen) atoms. The fourth-order valence-corrected chi connectivity index (χ4v) is 1.88. The van der Waals surface area contributed by atoms with Crippen LogP contribution in [0.5, 0.6) is 0 Å². The lowest BCUT2D eigenvalue weighted by Gasteiger charge is -2.13. The Hall–Kier alpha value is -0.250. The molecule has 1 aromatic rings. The minimum absolute atomic E-state index is 0.639. The Balaban J connectivity index is 1.96. The number of hydrogen-bond donors (Lipinski definition) is 1. The van der Waals surface area contributed by atoms with Gasteiger partial charge in [-0.25, -0.2) is 0 Å². The molecule has 0 aliphatic heterocycles. The molecule has 70 valence electrons. The Labute approximate surface area is 93.1 Å². The minimum atomic E-state index is 0.639. The van der Waals surface area contributed by atoms with Crippen LogP contribution in [0.2, 0.25) is 0 Å². The Morgan fingerprint density at radius 2 is 1.92 bits per heavy atom. The van der Waals surface area contributed by atoms with Crippen LogP contribution in [0.25, 0.3) is 0 Å². The van der Waals surface area contributed by atoms with Crippen molar-refractivity contribution in [2.24, 2.45) is 5.92 Å². The summed E-state index contributed by atoms with van der Waals surface area (Å²) in [6.07, 6.45) is 2.80. The molecule has 0 radical (unpaired) electrons. The first-order chi connectivity index (χ1) is 6.25. The lowest BCUT2D eigenvalue weighted by molar-refractivity contribution is 0.694. The molecular weight excluding hydrogens is 273 g/mol. The highest BCUT2D eigenvalue weighted by atomic mass is 127. The first-order valence-electron chi connectivity index (χ1n) is 4.78. The quantitative estimate of drug-likeness (QED) is 0.839. The normalized spacial score (nSPS) is 18.3. The van der Waals surface area contributed by atoms with Gasteiger partial charge in [-0.2, -0.15) is 0 Å². The average Bonchev–Trinajstić information content (AvgIpc) is 2.91. The molecule has 0 heterocycles. The SMILES string of the molecule is CC(Nc1ccc(I)cc1)C1CC1. The molecule has 2 heteroatoms. The summed E-state index contributed by atoms with van der Waals surface area (Å²) in [6, 6.07) is 9.23. The second-order valence-corrected chi connectivity index (χ2v) is 5.02. The van der Waals surface area contributed by atoms with E-state index in [1.807, 2.05) is 0 Å². The molecule has 1 atom stereocenters. The van der Waals surface area contributed by atoms with E-state index in [1.165, 1.54) is 22.1 Å². The summed E-state index contributed by atoms with van der Waals surface area (Å²) in [5.74, 6) is 0.916. The van der Waals surface area contributed by atoms with Gasteiger partial charge in [0.2, 0.25) is 0 Å². The van der Waals surface area contributed by atoms with E-state index in [0.29, 0.717) is 6.04 Å². The van der Waals surface area contributed by atoms with Crippen molar-refractivity contribution in [1.82, 2.24) is 0 Å². The maximum atomic E-state index is 3.53. The molecule has 0 bridgehead atoms. The lowest BCUT2D eigenvalue weighted by atomic mass is 10.2. The fourth-order valence-electron chi connectivity index (χ4n) is 1.52. The molecule has 0 aromatic heterocycles. The van der Waals surface area contributed by atoms with E-state index < -0.39 is 0 Å². The third kappa shape index (κ3) is 2.59. The second-order valence-electron chi connectivity index (χ2n) is 3.78. The highest BCUT2D eigenvalue weighted by Crippen LogP contribution is 2.33. The maximum Gasteiger partial charge on any atom is 0.0343 e. The zero-order valence-electron chi connectivity index (χ0n) is 7.76. The van der Waals surface area contributed by atoms with Crippen LogP contribution in [0.3, 0.4) is 0 Å². The summed E-state index contributed by atoms with van der Waals surface area (Å²) in [4.78, 5) is 0. The van der Waals surface area contributed by atoms with E-state index in [4.69, 9.17) is 0 Å². The van der Waals surface area contributed by atoms with Gasteiger partial charge in [-0.1, -0.05) is 0 Å². The number of benzene rings is 1. The molecule has 0 spiro atoms. The van der Waals surface area contributed by atoms with E-state index in [-0.39, 0.29) is 0 Å². The molecule has 1 nitrogen and oxygen atoms in total. The summed E-state index contributed by atoms with van der Waals surface area (Å²) < 4.78 is 1.29. The smallest absolute Gasteiger partial charge is 0.0343 e. The summed E-state index contributed by atoms with van der Waals surface area (Å²) in [5.41, 5.74) is 1.25. The zero-order valence-corrected chi connectivity index (χ0v) is 9.91. The van der Waals surface area contributed by atoms with E-state index in [1.54, 1.807) is 0 Å². The standard InChI is InChI=1S/C11H14IN/c1-8(9-2-3-9)13-11-6-4-10(12)5-7-11/h4-9,13H,2-3H2,1H3. The molecule has 1 aliphatic carbocycles. The third-order valence-corrected chi connectivity index (χ3v) is 3.29. The highest BCUT2D eigenvalue weighted by molar-refractivity contribution is 14.1. The topological polar surface area (TPSA) is 12.0 Å². The van der Waals surface area contributed by atoms with Gasteiger partial charge in [0.15, 0.2) is 0 Å². The maximum absolute atomic E-state index is 3.53. The van der Waals surface area contributed by atoms with Crippen molar-refractivity contribution in [3.05, 3.63) is 27.8 Å². The van der Waals surface area contributed by atoms with Crippen molar-refractivity contribution in [2.75, 3.05) is 5.32 Å². The van der Waals surface area contributed by atoms with Crippen molar-refractivity contribution >= 4 is 28.3 Å². The molecule has 0 saturated heterocycles. The monoisotopic (exact) mass is 287 g/mol. The van der Waals surface area contributed by atoms with Gasteiger partial charge >= 0.3 is 0 Å². The molecule has 1 unspecified atom stereocenters. The van der Waals surface area contributed by atoms with Gasteiger partial charge in [0.1, 0.15) is 0 Å². The number of rotatable bonds is 3. The van der Waals surface area contributed by atoms with Crippen LogP contribution in [0.1, 0.15) is 19.8 Å². The van der Waals surface area contributed by atoms with Gasteiger partial charge in [0, 0.05) is 15.3 Å². The van der Waals surface area contributed by atoms with Crippen LogP contribution < -0.4 is 5.32 Å². The molecule has 1 aromatic carbocycles. The molecule has 1 aliphatic rings. The van der Waals surface area contributed by atoms with Crippen LogP contribution in [-0.2, 0) is 0 Å². The number of halogens is 1. The Morgan fingerprint density at radius 3 is 2.46 bits per heavy atom. The van der Waals surface area contributed by atoms with Crippen molar-refractivity contribution < 1.29 is 0 Å².